The van der Waals surface area contributed by atoms with Crippen LogP contribution in [-0.4, -0.2) is 5.91 Å². The number of hydrogen-bond donors (Lipinski definition) is 1. The zero-order valence-corrected chi connectivity index (χ0v) is 10.8. The Morgan fingerprint density at radius 2 is 1.71 bits per heavy atom. The first-order valence-corrected chi connectivity index (χ1v) is 5.54. The van der Waals surface area contributed by atoms with Crippen molar-refractivity contribution in [1.29, 1.82) is 0 Å². The SMILES string of the molecule is CC(C)(C)c1ccc(C(=O)NI)cc1. The van der Waals surface area contributed by atoms with Gasteiger partial charge in [-0.2, -0.15) is 0 Å². The van der Waals surface area contributed by atoms with E-state index in [1.807, 2.05) is 47.1 Å². The normalized spacial score (nSPS) is 11.1. The van der Waals surface area contributed by atoms with Crippen LogP contribution in [0.2, 0.25) is 0 Å². The first kappa shape index (κ1) is 11.5. The summed E-state index contributed by atoms with van der Waals surface area (Å²) < 4.78 is 2.57. The van der Waals surface area contributed by atoms with Gasteiger partial charge in [-0.3, -0.25) is 8.32 Å². The molecule has 0 aliphatic heterocycles. The first-order valence-electron chi connectivity index (χ1n) is 4.46. The molecule has 0 aliphatic carbocycles. The Balaban J connectivity index is 2.95. The van der Waals surface area contributed by atoms with Gasteiger partial charge in [0.15, 0.2) is 0 Å². The molecule has 0 aromatic heterocycles. The molecule has 1 aromatic carbocycles. The predicted molar refractivity (Wildman–Crippen MR) is 66.6 cm³/mol. The molecule has 0 saturated carbocycles. The summed E-state index contributed by atoms with van der Waals surface area (Å²) in [5, 5.41) is 0. The number of benzene rings is 1. The van der Waals surface area contributed by atoms with Crippen molar-refractivity contribution in [2.45, 2.75) is 26.2 Å². The molecule has 0 atom stereocenters. The molecule has 0 fully saturated rings. The second-order valence-electron chi connectivity index (χ2n) is 4.25. The fourth-order valence-corrected chi connectivity index (χ4v) is 1.49. The summed E-state index contributed by atoms with van der Waals surface area (Å²) in [5.41, 5.74) is 2.08. The molecule has 0 bridgehead atoms. The van der Waals surface area contributed by atoms with Gasteiger partial charge in [0.25, 0.3) is 5.91 Å². The van der Waals surface area contributed by atoms with Crippen LogP contribution in [0.15, 0.2) is 24.3 Å². The van der Waals surface area contributed by atoms with E-state index in [1.165, 1.54) is 5.56 Å². The molecule has 76 valence electrons. The fraction of sp³-hybridized carbons (Fsp3) is 0.364. The van der Waals surface area contributed by atoms with Gasteiger partial charge in [0.05, 0.1) is 22.9 Å². The lowest BCUT2D eigenvalue weighted by Gasteiger charge is -2.18. The molecular weight excluding hydrogens is 289 g/mol. The monoisotopic (exact) mass is 303 g/mol. The quantitative estimate of drug-likeness (QED) is 0.627. The molecule has 0 spiro atoms. The maximum atomic E-state index is 11.3. The largest absolute Gasteiger partial charge is 0.295 e. The van der Waals surface area contributed by atoms with E-state index in [9.17, 15) is 4.79 Å². The molecular formula is C11H14INO. The second kappa shape index (κ2) is 4.29. The van der Waals surface area contributed by atoms with Crippen molar-refractivity contribution in [1.82, 2.24) is 3.53 Å². The van der Waals surface area contributed by atoms with E-state index in [-0.39, 0.29) is 11.3 Å². The van der Waals surface area contributed by atoms with Gasteiger partial charge in [-0.1, -0.05) is 32.9 Å². The number of amides is 1. The van der Waals surface area contributed by atoms with Crippen LogP contribution in [0.4, 0.5) is 0 Å². The lowest BCUT2D eigenvalue weighted by molar-refractivity contribution is 0.0989. The number of hydrogen-bond acceptors (Lipinski definition) is 1. The lowest BCUT2D eigenvalue weighted by Crippen LogP contribution is -2.14. The zero-order valence-electron chi connectivity index (χ0n) is 8.60. The van der Waals surface area contributed by atoms with Crippen LogP contribution < -0.4 is 3.53 Å². The Bertz CT molecular complexity index is 324. The molecule has 0 heterocycles. The minimum absolute atomic E-state index is 0.0499. The van der Waals surface area contributed by atoms with Gasteiger partial charge in [0.2, 0.25) is 0 Å². The molecule has 1 rings (SSSR count). The van der Waals surface area contributed by atoms with Crippen molar-refractivity contribution in [2.24, 2.45) is 0 Å². The second-order valence-corrected chi connectivity index (χ2v) is 4.79. The highest BCUT2D eigenvalue weighted by Gasteiger charge is 2.13. The Morgan fingerprint density at radius 1 is 1.21 bits per heavy atom. The van der Waals surface area contributed by atoms with Crippen LogP contribution in [0, 0.1) is 0 Å². The Morgan fingerprint density at radius 3 is 2.07 bits per heavy atom. The van der Waals surface area contributed by atoms with Crippen LogP contribution >= 0.6 is 22.9 Å². The summed E-state index contributed by atoms with van der Waals surface area (Å²) in [6.45, 7) is 6.46. The van der Waals surface area contributed by atoms with E-state index in [4.69, 9.17) is 0 Å². The summed E-state index contributed by atoms with van der Waals surface area (Å²) in [4.78, 5) is 11.3. The molecule has 14 heavy (non-hydrogen) atoms. The lowest BCUT2D eigenvalue weighted by atomic mass is 9.87. The minimum atomic E-state index is -0.0499. The zero-order chi connectivity index (χ0) is 10.8. The third kappa shape index (κ3) is 2.70. The summed E-state index contributed by atoms with van der Waals surface area (Å²) >= 11 is 1.84. The third-order valence-electron chi connectivity index (χ3n) is 2.10. The van der Waals surface area contributed by atoms with Crippen molar-refractivity contribution in [3.63, 3.8) is 0 Å². The van der Waals surface area contributed by atoms with Gasteiger partial charge in [0.1, 0.15) is 0 Å². The van der Waals surface area contributed by atoms with E-state index in [0.717, 1.165) is 0 Å². The molecule has 1 amide bonds. The van der Waals surface area contributed by atoms with E-state index in [2.05, 4.69) is 24.3 Å². The molecule has 0 unspecified atom stereocenters. The molecule has 1 N–H and O–H groups in total. The van der Waals surface area contributed by atoms with Crippen LogP contribution in [0.3, 0.4) is 0 Å². The highest BCUT2D eigenvalue weighted by molar-refractivity contribution is 14.1. The molecule has 2 nitrogen and oxygen atoms in total. The van der Waals surface area contributed by atoms with Crippen molar-refractivity contribution < 1.29 is 4.79 Å². The summed E-state index contributed by atoms with van der Waals surface area (Å²) in [6, 6.07) is 7.71. The number of carbonyl (C=O) groups excluding carboxylic acids is 1. The van der Waals surface area contributed by atoms with Crippen LogP contribution in [0.25, 0.3) is 0 Å². The standard InChI is InChI=1S/C11H14INO/c1-11(2,3)9-6-4-8(5-7-9)10(14)13-12/h4-7H,1-3H3,(H,13,14). The fourth-order valence-electron chi connectivity index (χ4n) is 1.18. The maximum Gasteiger partial charge on any atom is 0.259 e. The van der Waals surface area contributed by atoms with E-state index >= 15 is 0 Å². The van der Waals surface area contributed by atoms with Crippen molar-refractivity contribution >= 4 is 28.8 Å². The minimum Gasteiger partial charge on any atom is -0.295 e. The van der Waals surface area contributed by atoms with Crippen molar-refractivity contribution in [3.8, 4) is 0 Å². The Labute approximate surface area is 98.6 Å². The smallest absolute Gasteiger partial charge is 0.259 e. The number of nitrogens with one attached hydrogen (secondary N) is 1. The van der Waals surface area contributed by atoms with Gasteiger partial charge >= 0.3 is 0 Å². The van der Waals surface area contributed by atoms with Crippen molar-refractivity contribution in [2.75, 3.05) is 0 Å². The van der Waals surface area contributed by atoms with Gasteiger partial charge in [0, 0.05) is 5.56 Å². The Hall–Kier alpha value is -0.580. The van der Waals surface area contributed by atoms with E-state index in [1.54, 1.807) is 0 Å². The number of carbonyl (C=O) groups is 1. The van der Waals surface area contributed by atoms with Gasteiger partial charge in [-0.25, -0.2) is 0 Å². The highest BCUT2D eigenvalue weighted by atomic mass is 127. The molecule has 0 saturated heterocycles. The summed E-state index contributed by atoms with van der Waals surface area (Å²) in [7, 11) is 0. The molecule has 0 radical (unpaired) electrons. The highest BCUT2D eigenvalue weighted by Crippen LogP contribution is 2.22. The van der Waals surface area contributed by atoms with E-state index < -0.39 is 0 Å². The summed E-state index contributed by atoms with van der Waals surface area (Å²) in [5.74, 6) is -0.0499. The van der Waals surface area contributed by atoms with Gasteiger partial charge < -0.3 is 0 Å². The molecule has 0 aliphatic rings. The number of halogens is 1. The first-order chi connectivity index (χ1) is 6.45. The molecule has 1 aromatic rings. The van der Waals surface area contributed by atoms with Crippen molar-refractivity contribution in [3.05, 3.63) is 35.4 Å². The van der Waals surface area contributed by atoms with Gasteiger partial charge in [-0.05, 0) is 23.1 Å². The summed E-state index contributed by atoms with van der Waals surface area (Å²) in [6.07, 6.45) is 0. The number of rotatable bonds is 1. The van der Waals surface area contributed by atoms with Crippen LogP contribution in [-0.2, 0) is 5.41 Å². The molecule has 3 heteroatoms. The average molecular weight is 303 g/mol. The topological polar surface area (TPSA) is 29.1 Å². The van der Waals surface area contributed by atoms with Crippen LogP contribution in [0.1, 0.15) is 36.7 Å². The average Bonchev–Trinajstić information content (AvgIpc) is 2.15. The Kier molecular flexibility index (Phi) is 3.53. The van der Waals surface area contributed by atoms with Gasteiger partial charge in [-0.15, -0.1) is 0 Å². The maximum absolute atomic E-state index is 11.3. The predicted octanol–water partition coefficient (Wildman–Crippen LogP) is 3.06. The third-order valence-corrected chi connectivity index (χ3v) is 2.59. The van der Waals surface area contributed by atoms with Crippen LogP contribution in [0.5, 0.6) is 0 Å². The van der Waals surface area contributed by atoms with E-state index in [0.29, 0.717) is 5.56 Å².